The maximum atomic E-state index is 5.37. The molecule has 4 aliphatic rings. The predicted octanol–water partition coefficient (Wildman–Crippen LogP) is 9.35. The number of hydrogen-bond acceptors (Lipinski definition) is 1. The van der Waals surface area contributed by atoms with Crippen molar-refractivity contribution in [1.82, 2.24) is 14.1 Å². The minimum atomic E-state index is 0.440. The summed E-state index contributed by atoms with van der Waals surface area (Å²) in [6.45, 7) is 0. The fourth-order valence-electron chi connectivity index (χ4n) is 11.0. The van der Waals surface area contributed by atoms with Gasteiger partial charge in [0.05, 0.1) is 22.1 Å². The molecule has 4 aromatic carbocycles. The Bertz CT molecular complexity index is 2230. The second-order valence-corrected chi connectivity index (χ2v) is 13.8. The van der Waals surface area contributed by atoms with E-state index in [1.54, 1.807) is 5.56 Å². The van der Waals surface area contributed by atoms with E-state index in [1.807, 2.05) is 0 Å². The van der Waals surface area contributed by atoms with Gasteiger partial charge in [0.1, 0.15) is 11.6 Å². The summed E-state index contributed by atoms with van der Waals surface area (Å²) in [6, 6.07) is 40.2. The molecule has 3 nitrogen and oxygen atoms in total. The van der Waals surface area contributed by atoms with Crippen LogP contribution in [0.5, 0.6) is 0 Å². The molecule has 7 aromatic rings. The Morgan fingerprint density at radius 1 is 0.524 bits per heavy atom. The Hall–Kier alpha value is -4.37. The zero-order chi connectivity index (χ0) is 27.2. The van der Waals surface area contributed by atoms with Crippen LogP contribution in [0.2, 0.25) is 0 Å². The summed E-state index contributed by atoms with van der Waals surface area (Å²) in [6.07, 6.45) is 7.36. The first-order valence-corrected chi connectivity index (χ1v) is 15.7. The van der Waals surface area contributed by atoms with Crippen molar-refractivity contribution >= 4 is 43.6 Å². The van der Waals surface area contributed by atoms with E-state index in [-0.39, 0.29) is 0 Å². The Morgan fingerprint density at radius 2 is 1.12 bits per heavy atom. The molecule has 2 bridgehead atoms. The molecule has 0 aliphatic heterocycles. The second-order valence-electron chi connectivity index (χ2n) is 13.8. The normalized spacial score (nSPS) is 28.9. The van der Waals surface area contributed by atoms with Crippen molar-refractivity contribution in [3.63, 3.8) is 0 Å². The van der Waals surface area contributed by atoms with Gasteiger partial charge in [-0.1, -0.05) is 66.7 Å². The van der Waals surface area contributed by atoms with E-state index in [2.05, 4.69) is 118 Å². The summed E-state index contributed by atoms with van der Waals surface area (Å²) in [7, 11) is 0. The van der Waals surface area contributed by atoms with Crippen molar-refractivity contribution in [3.8, 4) is 11.6 Å². The van der Waals surface area contributed by atoms with Crippen LogP contribution in [0.25, 0.3) is 55.2 Å². The molecule has 3 heterocycles. The highest BCUT2D eigenvalue weighted by atomic mass is 15.1. The third-order valence-corrected chi connectivity index (χ3v) is 12.4. The lowest BCUT2D eigenvalue weighted by molar-refractivity contribution is -0.198. The number of rotatable bonds is 3. The van der Waals surface area contributed by atoms with E-state index >= 15 is 0 Å². The number of benzene rings is 4. The van der Waals surface area contributed by atoms with Gasteiger partial charge in [-0.05, 0) is 103 Å². The lowest BCUT2D eigenvalue weighted by atomic mass is 9.31. The zero-order valence-corrected chi connectivity index (χ0v) is 23.5. The lowest BCUT2D eigenvalue weighted by Crippen LogP contribution is -2.68. The van der Waals surface area contributed by atoms with Crippen LogP contribution in [0.15, 0.2) is 109 Å². The lowest BCUT2D eigenvalue weighted by Gasteiger charge is -2.73. The highest BCUT2D eigenvalue weighted by molar-refractivity contribution is 6.10. The van der Waals surface area contributed by atoms with Crippen molar-refractivity contribution < 1.29 is 0 Å². The van der Waals surface area contributed by atoms with Crippen LogP contribution >= 0.6 is 0 Å². The summed E-state index contributed by atoms with van der Waals surface area (Å²) in [4.78, 5) is 5.37. The third-order valence-electron chi connectivity index (χ3n) is 12.4. The molecule has 1 spiro atoms. The van der Waals surface area contributed by atoms with E-state index in [9.17, 15) is 0 Å². The molecule has 11 rings (SSSR count). The molecule has 4 aliphatic carbocycles. The first-order valence-electron chi connectivity index (χ1n) is 15.7. The largest absolute Gasteiger partial charge is 0.294 e. The van der Waals surface area contributed by atoms with Gasteiger partial charge in [-0.2, -0.15) is 0 Å². The van der Waals surface area contributed by atoms with Gasteiger partial charge in [-0.3, -0.25) is 9.13 Å². The van der Waals surface area contributed by atoms with E-state index in [4.69, 9.17) is 4.98 Å². The van der Waals surface area contributed by atoms with Crippen molar-refractivity contribution in [3.05, 3.63) is 115 Å². The summed E-state index contributed by atoms with van der Waals surface area (Å²) in [5.41, 5.74) is 7.56. The van der Waals surface area contributed by atoms with Crippen molar-refractivity contribution in [1.29, 1.82) is 0 Å². The van der Waals surface area contributed by atoms with Crippen LogP contribution in [-0.2, 0) is 5.41 Å². The van der Waals surface area contributed by atoms with Gasteiger partial charge in [0.2, 0.25) is 0 Å². The number of fused-ring (bicyclic) bond motifs is 7. The number of aromatic nitrogens is 3. The molecule has 5 unspecified atom stereocenters. The SMILES string of the molecule is c1cc(-n2c3ccccc3c3ccccc32)nc(-n2c3ccccc3c3cc(C45CC6CC7CC(C4)C75C6)ccc32)c1. The molecule has 4 saturated carbocycles. The fraction of sp³-hybridized carbons (Fsp3) is 0.256. The Balaban J connectivity index is 1.12. The Labute approximate surface area is 244 Å². The molecule has 0 saturated heterocycles. The number of nitrogens with zero attached hydrogens (tertiary/aromatic N) is 3. The van der Waals surface area contributed by atoms with Gasteiger partial charge in [-0.25, -0.2) is 4.98 Å². The van der Waals surface area contributed by atoms with Gasteiger partial charge < -0.3 is 0 Å². The molecule has 3 heteroatoms. The first kappa shape index (κ1) is 22.3. The highest BCUT2D eigenvalue weighted by Gasteiger charge is 2.80. The minimum Gasteiger partial charge on any atom is -0.294 e. The molecule has 0 radical (unpaired) electrons. The van der Waals surface area contributed by atoms with Crippen LogP contribution in [0.1, 0.15) is 37.7 Å². The first-order chi connectivity index (χ1) is 20.7. The molecule has 4 fully saturated rings. The molecular formula is C39H31N3. The van der Waals surface area contributed by atoms with Crippen LogP contribution in [0, 0.1) is 23.2 Å². The number of hydrogen-bond donors (Lipinski definition) is 0. The molecular weight excluding hydrogens is 510 g/mol. The van der Waals surface area contributed by atoms with E-state index < -0.39 is 0 Å². The van der Waals surface area contributed by atoms with Crippen LogP contribution < -0.4 is 0 Å². The second kappa shape index (κ2) is 7.33. The molecule has 42 heavy (non-hydrogen) atoms. The molecule has 3 aromatic heterocycles. The maximum Gasteiger partial charge on any atom is 0.140 e. The zero-order valence-electron chi connectivity index (χ0n) is 23.5. The summed E-state index contributed by atoms with van der Waals surface area (Å²) in [5.74, 6) is 4.88. The average molecular weight is 542 g/mol. The van der Waals surface area contributed by atoms with Gasteiger partial charge in [0.15, 0.2) is 0 Å². The predicted molar refractivity (Wildman–Crippen MR) is 171 cm³/mol. The van der Waals surface area contributed by atoms with Gasteiger partial charge in [0, 0.05) is 27.0 Å². The smallest absolute Gasteiger partial charge is 0.140 e. The minimum absolute atomic E-state index is 0.440. The van der Waals surface area contributed by atoms with Crippen LogP contribution in [0.4, 0.5) is 0 Å². The van der Waals surface area contributed by atoms with Crippen molar-refractivity contribution in [2.24, 2.45) is 23.2 Å². The molecule has 0 amide bonds. The topological polar surface area (TPSA) is 22.8 Å². The van der Waals surface area contributed by atoms with Crippen LogP contribution in [0.3, 0.4) is 0 Å². The van der Waals surface area contributed by atoms with Gasteiger partial charge in [0.25, 0.3) is 0 Å². The summed E-state index contributed by atoms with van der Waals surface area (Å²) in [5, 5.41) is 5.23. The monoisotopic (exact) mass is 541 g/mol. The third kappa shape index (κ3) is 2.39. The summed E-state index contributed by atoms with van der Waals surface area (Å²) >= 11 is 0. The number of pyridine rings is 1. The van der Waals surface area contributed by atoms with E-state index in [1.165, 1.54) is 75.7 Å². The fourth-order valence-corrected chi connectivity index (χ4v) is 11.0. The van der Waals surface area contributed by atoms with E-state index in [0.717, 1.165) is 29.4 Å². The Morgan fingerprint density at radius 3 is 1.74 bits per heavy atom. The highest BCUT2D eigenvalue weighted by Crippen LogP contribution is 2.86. The van der Waals surface area contributed by atoms with Gasteiger partial charge >= 0.3 is 0 Å². The number of para-hydroxylation sites is 3. The molecule has 202 valence electrons. The van der Waals surface area contributed by atoms with E-state index in [0.29, 0.717) is 10.8 Å². The molecule has 5 atom stereocenters. The summed E-state index contributed by atoms with van der Waals surface area (Å²) < 4.78 is 4.70. The molecule has 0 N–H and O–H groups in total. The van der Waals surface area contributed by atoms with Crippen LogP contribution in [-0.4, -0.2) is 14.1 Å². The Kier molecular flexibility index (Phi) is 3.89. The van der Waals surface area contributed by atoms with Gasteiger partial charge in [-0.15, -0.1) is 0 Å². The van der Waals surface area contributed by atoms with Crippen molar-refractivity contribution in [2.75, 3.05) is 0 Å². The van der Waals surface area contributed by atoms with Crippen molar-refractivity contribution in [2.45, 2.75) is 37.5 Å². The standard InChI is InChI=1S/C39H31N3/c1-4-11-32-28(8-1)29-9-2-5-12-33(29)41(32)36-14-7-15-37(40-36)42-34-13-6-3-10-30(34)31-20-25(16-17-35(31)42)38-21-24-18-26-19-27(23-38)39(26,38)22-24/h1-17,20,24,26-27H,18-19,21-23H2. The average Bonchev–Trinajstić information content (AvgIpc) is 3.73. The quantitative estimate of drug-likeness (QED) is 0.218. The maximum absolute atomic E-state index is 5.37.